The molecule has 1 aromatic rings. The molecule has 0 saturated carbocycles. The Labute approximate surface area is 103 Å². The van der Waals surface area contributed by atoms with E-state index in [4.69, 9.17) is 5.26 Å². The molecule has 0 aromatic heterocycles. The van der Waals surface area contributed by atoms with Crippen LogP contribution in [0.3, 0.4) is 0 Å². The van der Waals surface area contributed by atoms with E-state index in [1.807, 2.05) is 31.2 Å². The molecule has 0 spiro atoms. The van der Waals surface area contributed by atoms with E-state index < -0.39 is 6.10 Å². The monoisotopic (exact) mass is 232 g/mol. The first-order valence-corrected chi connectivity index (χ1v) is 6.01. The Hall–Kier alpha value is -1.53. The molecule has 3 nitrogen and oxygen atoms in total. The summed E-state index contributed by atoms with van der Waals surface area (Å²) >= 11 is 0. The second-order valence-corrected chi connectivity index (χ2v) is 4.30. The first kappa shape index (κ1) is 13.5. The Morgan fingerprint density at radius 2 is 2.00 bits per heavy atom. The largest absolute Gasteiger partial charge is 0.389 e. The molecule has 0 aliphatic heterocycles. The van der Waals surface area contributed by atoms with Gasteiger partial charge in [-0.05, 0) is 26.8 Å². The highest BCUT2D eigenvalue weighted by atomic mass is 16.3. The molecule has 0 fully saturated rings. The van der Waals surface area contributed by atoms with E-state index in [1.165, 1.54) is 0 Å². The molecule has 3 heteroatoms. The fourth-order valence-electron chi connectivity index (χ4n) is 1.90. The lowest BCUT2D eigenvalue weighted by Gasteiger charge is -2.27. The van der Waals surface area contributed by atoms with Crippen molar-refractivity contribution >= 4 is 5.69 Å². The van der Waals surface area contributed by atoms with Crippen LogP contribution in [0, 0.1) is 17.2 Å². The van der Waals surface area contributed by atoms with Crippen LogP contribution in [0.1, 0.15) is 32.4 Å². The number of para-hydroxylation sites is 1. The van der Waals surface area contributed by atoms with Crippen LogP contribution in [0.2, 0.25) is 0 Å². The maximum Gasteiger partial charge on any atom is 0.0781 e. The molecule has 0 amide bonds. The smallest absolute Gasteiger partial charge is 0.0781 e. The van der Waals surface area contributed by atoms with Crippen LogP contribution < -0.4 is 4.90 Å². The summed E-state index contributed by atoms with van der Waals surface area (Å²) < 4.78 is 0. The Kier molecular flexibility index (Phi) is 4.99. The number of nitriles is 1. The summed E-state index contributed by atoms with van der Waals surface area (Å²) in [5.41, 5.74) is 1.94. The minimum absolute atomic E-state index is 0.0167. The SMILES string of the molecule is CCN(CC(C)C#N)c1ccccc1C(C)O. The maximum atomic E-state index is 9.75. The molecule has 0 bridgehead atoms. The minimum Gasteiger partial charge on any atom is -0.389 e. The maximum absolute atomic E-state index is 9.75. The van der Waals surface area contributed by atoms with Gasteiger partial charge in [0.05, 0.1) is 18.1 Å². The van der Waals surface area contributed by atoms with Crippen LogP contribution in [0.25, 0.3) is 0 Å². The van der Waals surface area contributed by atoms with Gasteiger partial charge >= 0.3 is 0 Å². The van der Waals surface area contributed by atoms with E-state index in [-0.39, 0.29) is 5.92 Å². The highest BCUT2D eigenvalue weighted by molar-refractivity contribution is 5.54. The molecule has 2 unspecified atom stereocenters. The van der Waals surface area contributed by atoms with E-state index in [0.29, 0.717) is 6.54 Å². The third-order valence-electron chi connectivity index (χ3n) is 2.82. The van der Waals surface area contributed by atoms with Gasteiger partial charge < -0.3 is 10.0 Å². The average molecular weight is 232 g/mol. The summed E-state index contributed by atoms with van der Waals surface area (Å²) in [7, 11) is 0. The lowest BCUT2D eigenvalue weighted by Crippen LogP contribution is -2.28. The summed E-state index contributed by atoms with van der Waals surface area (Å²) in [6.45, 7) is 7.25. The van der Waals surface area contributed by atoms with Crippen LogP contribution in [0.5, 0.6) is 0 Å². The van der Waals surface area contributed by atoms with E-state index in [1.54, 1.807) is 6.92 Å². The van der Waals surface area contributed by atoms with Crippen molar-refractivity contribution in [3.63, 3.8) is 0 Å². The molecular formula is C14H20N2O. The molecule has 92 valence electrons. The first-order chi connectivity index (χ1) is 8.10. The zero-order valence-electron chi connectivity index (χ0n) is 10.7. The van der Waals surface area contributed by atoms with Crippen molar-refractivity contribution in [2.75, 3.05) is 18.0 Å². The fourth-order valence-corrected chi connectivity index (χ4v) is 1.90. The lowest BCUT2D eigenvalue weighted by molar-refractivity contribution is 0.199. The second-order valence-electron chi connectivity index (χ2n) is 4.30. The molecule has 2 atom stereocenters. The van der Waals surface area contributed by atoms with Crippen LogP contribution >= 0.6 is 0 Å². The standard InChI is InChI=1S/C14H20N2O/c1-4-16(10-11(2)9-15)14-8-6-5-7-13(14)12(3)17/h5-8,11-12,17H,4,10H2,1-3H3. The number of benzene rings is 1. The lowest BCUT2D eigenvalue weighted by atomic mass is 10.1. The van der Waals surface area contributed by atoms with E-state index in [2.05, 4.69) is 17.9 Å². The van der Waals surface area contributed by atoms with Crippen LogP contribution in [-0.2, 0) is 0 Å². The summed E-state index contributed by atoms with van der Waals surface area (Å²) in [6.07, 6.45) is -0.488. The number of hydrogen-bond acceptors (Lipinski definition) is 3. The number of aliphatic hydroxyl groups excluding tert-OH is 1. The summed E-state index contributed by atoms with van der Waals surface area (Å²) in [5, 5.41) is 18.6. The number of aliphatic hydroxyl groups is 1. The Balaban J connectivity index is 2.99. The molecule has 1 rings (SSSR count). The molecule has 1 aromatic carbocycles. The fraction of sp³-hybridized carbons (Fsp3) is 0.500. The predicted molar refractivity (Wildman–Crippen MR) is 69.7 cm³/mol. The van der Waals surface area contributed by atoms with Gasteiger partial charge in [0.2, 0.25) is 0 Å². The number of hydrogen-bond donors (Lipinski definition) is 1. The van der Waals surface area contributed by atoms with Crippen molar-refractivity contribution in [1.82, 2.24) is 0 Å². The Morgan fingerprint density at radius 1 is 1.35 bits per heavy atom. The van der Waals surface area contributed by atoms with Crippen molar-refractivity contribution < 1.29 is 5.11 Å². The molecule has 0 aliphatic carbocycles. The molecule has 17 heavy (non-hydrogen) atoms. The Morgan fingerprint density at radius 3 is 2.53 bits per heavy atom. The summed E-state index contributed by atoms with van der Waals surface area (Å²) in [6, 6.07) is 10.1. The Bertz CT molecular complexity index is 395. The normalized spacial score (nSPS) is 13.8. The van der Waals surface area contributed by atoms with Gasteiger partial charge in [0.15, 0.2) is 0 Å². The molecule has 0 aliphatic rings. The molecule has 0 saturated heterocycles. The summed E-state index contributed by atoms with van der Waals surface area (Å²) in [5.74, 6) is -0.0167. The van der Waals surface area contributed by atoms with Gasteiger partial charge in [0, 0.05) is 24.3 Å². The molecule has 0 heterocycles. The second kappa shape index (κ2) is 6.27. The van der Waals surface area contributed by atoms with E-state index in [0.717, 1.165) is 17.8 Å². The van der Waals surface area contributed by atoms with E-state index in [9.17, 15) is 5.11 Å². The number of nitrogens with zero attached hydrogens (tertiary/aromatic N) is 2. The zero-order chi connectivity index (χ0) is 12.8. The average Bonchev–Trinajstić information content (AvgIpc) is 2.35. The number of anilines is 1. The number of rotatable bonds is 5. The van der Waals surface area contributed by atoms with Gasteiger partial charge in [0.25, 0.3) is 0 Å². The molecule has 0 radical (unpaired) electrons. The van der Waals surface area contributed by atoms with Crippen molar-refractivity contribution in [3.05, 3.63) is 29.8 Å². The first-order valence-electron chi connectivity index (χ1n) is 6.01. The van der Waals surface area contributed by atoms with Crippen LogP contribution in [0.4, 0.5) is 5.69 Å². The topological polar surface area (TPSA) is 47.3 Å². The van der Waals surface area contributed by atoms with Gasteiger partial charge in [-0.25, -0.2) is 0 Å². The van der Waals surface area contributed by atoms with Crippen LogP contribution in [0.15, 0.2) is 24.3 Å². The van der Waals surface area contributed by atoms with Crippen molar-refractivity contribution in [3.8, 4) is 6.07 Å². The minimum atomic E-state index is -0.488. The third-order valence-corrected chi connectivity index (χ3v) is 2.82. The van der Waals surface area contributed by atoms with Crippen LogP contribution in [-0.4, -0.2) is 18.2 Å². The molecular weight excluding hydrogens is 212 g/mol. The quantitative estimate of drug-likeness (QED) is 0.849. The van der Waals surface area contributed by atoms with Crippen molar-refractivity contribution in [1.29, 1.82) is 5.26 Å². The van der Waals surface area contributed by atoms with Gasteiger partial charge in [-0.15, -0.1) is 0 Å². The van der Waals surface area contributed by atoms with Gasteiger partial charge in [-0.3, -0.25) is 0 Å². The van der Waals surface area contributed by atoms with Crippen molar-refractivity contribution in [2.45, 2.75) is 26.9 Å². The predicted octanol–water partition coefficient (Wildman–Crippen LogP) is 2.73. The van der Waals surface area contributed by atoms with Gasteiger partial charge in [-0.2, -0.15) is 5.26 Å². The van der Waals surface area contributed by atoms with Gasteiger partial charge in [0.1, 0.15) is 0 Å². The zero-order valence-corrected chi connectivity index (χ0v) is 10.7. The van der Waals surface area contributed by atoms with Gasteiger partial charge in [-0.1, -0.05) is 18.2 Å². The third kappa shape index (κ3) is 3.47. The highest BCUT2D eigenvalue weighted by Crippen LogP contribution is 2.26. The van der Waals surface area contributed by atoms with E-state index >= 15 is 0 Å². The molecule has 1 N–H and O–H groups in total. The highest BCUT2D eigenvalue weighted by Gasteiger charge is 2.14. The van der Waals surface area contributed by atoms with Crippen molar-refractivity contribution in [2.24, 2.45) is 5.92 Å². The summed E-state index contributed by atoms with van der Waals surface area (Å²) in [4.78, 5) is 2.13.